The monoisotopic (exact) mass is 338 g/mol. The van der Waals surface area contributed by atoms with Crippen LogP contribution in [0.1, 0.15) is 11.5 Å². The maximum absolute atomic E-state index is 13.3. The number of ether oxygens (including phenoxy) is 2. The quantitative estimate of drug-likeness (QED) is 0.860. The average Bonchev–Trinajstić information content (AvgIpc) is 2.97. The maximum Gasteiger partial charge on any atom is 0.431 e. The third kappa shape index (κ3) is 2.50. The number of alkyl halides is 3. The van der Waals surface area contributed by atoms with Crippen LogP contribution in [-0.2, 0) is 4.74 Å². The molecule has 2 aliphatic heterocycles. The molecule has 3 atom stereocenters. The zero-order valence-electron chi connectivity index (χ0n) is 12.5. The van der Waals surface area contributed by atoms with Gasteiger partial charge in [-0.2, -0.15) is 23.5 Å². The van der Waals surface area contributed by atoms with Crippen LogP contribution in [-0.4, -0.2) is 25.2 Å². The molecule has 0 spiro atoms. The van der Waals surface area contributed by atoms with Crippen LogP contribution < -0.4 is 15.9 Å². The summed E-state index contributed by atoms with van der Waals surface area (Å²) in [4.78, 5) is 0. The lowest BCUT2D eigenvalue weighted by Crippen LogP contribution is -2.45. The van der Waals surface area contributed by atoms with Crippen LogP contribution in [0.15, 0.2) is 40.8 Å². The molecule has 0 fully saturated rings. The normalized spacial score (nSPS) is 26.0. The zero-order valence-corrected chi connectivity index (χ0v) is 12.5. The van der Waals surface area contributed by atoms with Crippen LogP contribution in [0.4, 0.5) is 13.2 Å². The minimum absolute atomic E-state index is 0.0536. The van der Waals surface area contributed by atoms with Crippen LogP contribution >= 0.6 is 0 Å². The van der Waals surface area contributed by atoms with E-state index >= 15 is 0 Å². The van der Waals surface area contributed by atoms with Gasteiger partial charge in [0.1, 0.15) is 11.8 Å². The van der Waals surface area contributed by atoms with E-state index in [0.717, 1.165) is 0 Å². The number of benzene rings is 1. The van der Waals surface area contributed by atoms with Gasteiger partial charge in [0.2, 0.25) is 5.88 Å². The minimum Gasteiger partial charge on any atom is -0.497 e. The molecular weight excluding hydrogens is 325 g/mol. The third-order valence-corrected chi connectivity index (χ3v) is 4.03. The number of nitrogens with zero attached hydrogens (tertiary/aromatic N) is 2. The van der Waals surface area contributed by atoms with E-state index < -0.39 is 30.0 Å². The highest BCUT2D eigenvalue weighted by atomic mass is 19.4. The highest BCUT2D eigenvalue weighted by Crippen LogP contribution is 2.45. The Morgan fingerprint density at radius 2 is 2.00 bits per heavy atom. The summed E-state index contributed by atoms with van der Waals surface area (Å²) in [5.74, 6) is -1.78. The first-order valence-corrected chi connectivity index (χ1v) is 6.97. The van der Waals surface area contributed by atoms with E-state index in [1.165, 1.54) is 7.11 Å². The SMILES string of the molecule is COc1ccc(C2C(C#N)=C(N)OC3NN=C(C(F)(F)F)C32)cc1. The van der Waals surface area contributed by atoms with Gasteiger partial charge in [-0.05, 0) is 17.7 Å². The Balaban J connectivity index is 2.10. The van der Waals surface area contributed by atoms with Crippen molar-refractivity contribution in [2.45, 2.75) is 18.3 Å². The minimum atomic E-state index is -4.65. The molecule has 0 bridgehead atoms. The van der Waals surface area contributed by atoms with Crippen molar-refractivity contribution in [1.29, 1.82) is 5.26 Å². The molecule has 0 saturated carbocycles. The molecule has 1 aromatic carbocycles. The largest absolute Gasteiger partial charge is 0.497 e. The Hall–Kier alpha value is -2.89. The number of methoxy groups -OCH3 is 1. The summed E-state index contributed by atoms with van der Waals surface area (Å²) in [5.41, 5.74) is 7.45. The van der Waals surface area contributed by atoms with Gasteiger partial charge in [0.15, 0.2) is 11.9 Å². The fourth-order valence-corrected chi connectivity index (χ4v) is 2.96. The van der Waals surface area contributed by atoms with Gasteiger partial charge in [0, 0.05) is 5.92 Å². The Kier molecular flexibility index (Phi) is 3.75. The number of hydrogen-bond acceptors (Lipinski definition) is 6. The summed E-state index contributed by atoms with van der Waals surface area (Å²) in [6, 6.07) is 8.28. The topological polar surface area (TPSA) is 92.7 Å². The van der Waals surface area contributed by atoms with Crippen LogP contribution in [0.3, 0.4) is 0 Å². The van der Waals surface area contributed by atoms with Gasteiger partial charge in [0.05, 0.1) is 18.6 Å². The Bertz CT molecular complexity index is 749. The number of nitriles is 1. The second-order valence-electron chi connectivity index (χ2n) is 5.33. The first-order chi connectivity index (χ1) is 11.4. The van der Waals surface area contributed by atoms with Crippen molar-refractivity contribution < 1.29 is 22.6 Å². The van der Waals surface area contributed by atoms with E-state index in [1.54, 1.807) is 24.3 Å². The highest BCUT2D eigenvalue weighted by Gasteiger charge is 2.55. The number of nitrogens with two attached hydrogens (primary N) is 1. The number of hydrogen-bond donors (Lipinski definition) is 2. The molecule has 3 unspecified atom stereocenters. The molecule has 24 heavy (non-hydrogen) atoms. The fourth-order valence-electron chi connectivity index (χ4n) is 2.96. The van der Waals surface area contributed by atoms with Crippen LogP contribution in [0.5, 0.6) is 5.75 Å². The molecule has 0 aliphatic carbocycles. The molecule has 126 valence electrons. The van der Waals surface area contributed by atoms with Crippen molar-refractivity contribution in [3.05, 3.63) is 41.3 Å². The van der Waals surface area contributed by atoms with Crippen molar-refractivity contribution in [3.8, 4) is 11.8 Å². The van der Waals surface area contributed by atoms with Gasteiger partial charge in [-0.15, -0.1) is 0 Å². The fraction of sp³-hybridized carbons (Fsp3) is 0.333. The standard InChI is InChI=1S/C15H13F3N4O2/c1-23-8-4-2-7(3-5-8)10-9(6-19)13(20)24-14-11(10)12(21-22-14)15(16,17)18/h2-5,10-11,14,22H,20H2,1H3. The van der Waals surface area contributed by atoms with Gasteiger partial charge < -0.3 is 15.2 Å². The van der Waals surface area contributed by atoms with E-state index in [4.69, 9.17) is 15.2 Å². The number of nitrogens with one attached hydrogen (secondary N) is 1. The van der Waals surface area contributed by atoms with Crippen LogP contribution in [0.2, 0.25) is 0 Å². The van der Waals surface area contributed by atoms with Gasteiger partial charge >= 0.3 is 6.18 Å². The van der Waals surface area contributed by atoms with Crippen molar-refractivity contribution in [1.82, 2.24) is 5.43 Å². The Morgan fingerprint density at radius 3 is 2.54 bits per heavy atom. The van der Waals surface area contributed by atoms with Crippen LogP contribution in [0, 0.1) is 17.2 Å². The highest BCUT2D eigenvalue weighted by molar-refractivity contribution is 5.94. The Morgan fingerprint density at radius 1 is 1.33 bits per heavy atom. The maximum atomic E-state index is 13.3. The molecule has 1 aromatic rings. The lowest BCUT2D eigenvalue weighted by Gasteiger charge is -2.34. The average molecular weight is 338 g/mol. The van der Waals surface area contributed by atoms with Gasteiger partial charge in [-0.25, -0.2) is 0 Å². The van der Waals surface area contributed by atoms with E-state index in [-0.39, 0.29) is 11.5 Å². The molecule has 0 saturated heterocycles. The molecule has 0 aromatic heterocycles. The van der Waals surface area contributed by atoms with Crippen molar-refractivity contribution >= 4 is 5.71 Å². The molecule has 0 amide bonds. The number of hydrazone groups is 1. The molecule has 9 heteroatoms. The summed E-state index contributed by atoms with van der Waals surface area (Å²) in [5, 5.41) is 12.7. The molecule has 2 aliphatic rings. The summed E-state index contributed by atoms with van der Waals surface area (Å²) < 4.78 is 50.1. The molecule has 0 radical (unpaired) electrons. The first kappa shape index (κ1) is 16.0. The van der Waals surface area contributed by atoms with E-state index in [0.29, 0.717) is 11.3 Å². The van der Waals surface area contributed by atoms with Gasteiger partial charge in [0.25, 0.3) is 0 Å². The summed E-state index contributed by atoms with van der Waals surface area (Å²) >= 11 is 0. The molecular formula is C15H13F3N4O2. The molecule has 2 heterocycles. The smallest absolute Gasteiger partial charge is 0.431 e. The zero-order chi connectivity index (χ0) is 17.5. The van der Waals surface area contributed by atoms with Gasteiger partial charge in [-0.1, -0.05) is 12.1 Å². The predicted octanol–water partition coefficient (Wildman–Crippen LogP) is 1.97. The second-order valence-corrected chi connectivity index (χ2v) is 5.33. The lowest BCUT2D eigenvalue weighted by atomic mass is 9.76. The van der Waals surface area contributed by atoms with E-state index in [2.05, 4.69) is 10.5 Å². The van der Waals surface area contributed by atoms with Crippen molar-refractivity contribution in [2.24, 2.45) is 16.8 Å². The number of halogens is 3. The van der Waals surface area contributed by atoms with E-state index in [9.17, 15) is 18.4 Å². The summed E-state index contributed by atoms with van der Waals surface area (Å²) in [6.07, 6.45) is -5.72. The Labute approximate surface area is 135 Å². The van der Waals surface area contributed by atoms with Gasteiger partial charge in [-0.3, -0.25) is 5.43 Å². The predicted molar refractivity (Wildman–Crippen MR) is 77.6 cm³/mol. The second kappa shape index (κ2) is 5.63. The summed E-state index contributed by atoms with van der Waals surface area (Å²) in [7, 11) is 1.48. The first-order valence-electron chi connectivity index (χ1n) is 6.97. The summed E-state index contributed by atoms with van der Waals surface area (Å²) in [6.45, 7) is 0. The molecule has 3 rings (SSSR count). The van der Waals surface area contributed by atoms with Crippen molar-refractivity contribution in [3.63, 3.8) is 0 Å². The number of rotatable bonds is 2. The van der Waals surface area contributed by atoms with Crippen LogP contribution in [0.25, 0.3) is 0 Å². The van der Waals surface area contributed by atoms with E-state index in [1.807, 2.05) is 6.07 Å². The third-order valence-electron chi connectivity index (χ3n) is 4.03. The number of allylic oxidation sites excluding steroid dienone is 1. The lowest BCUT2D eigenvalue weighted by molar-refractivity contribution is -0.0661. The molecule has 3 N–H and O–H groups in total. The molecule has 6 nitrogen and oxygen atoms in total. The van der Waals surface area contributed by atoms with Crippen molar-refractivity contribution in [2.75, 3.05) is 7.11 Å². The number of fused-ring (bicyclic) bond motifs is 1.